The van der Waals surface area contributed by atoms with Crippen molar-refractivity contribution in [3.05, 3.63) is 28.2 Å². The van der Waals surface area contributed by atoms with Crippen molar-refractivity contribution in [1.82, 2.24) is 5.32 Å². The number of carboxylic acid groups (broad SMARTS) is 1. The van der Waals surface area contributed by atoms with E-state index in [2.05, 4.69) is 51.3 Å². The number of nitrogens with one attached hydrogen (secondary N) is 1. The predicted molar refractivity (Wildman–Crippen MR) is 79.8 cm³/mol. The Morgan fingerprint density at radius 1 is 1.58 bits per heavy atom. The van der Waals surface area contributed by atoms with Gasteiger partial charge in [-0.25, -0.2) is 0 Å². The number of aliphatic carboxylic acids is 1. The molecule has 0 spiro atoms. The van der Waals surface area contributed by atoms with E-state index < -0.39 is 5.97 Å². The molecular formula is C14H19BrN2O2. The lowest BCUT2D eigenvalue weighted by Crippen LogP contribution is -2.47. The number of halogens is 1. The van der Waals surface area contributed by atoms with Gasteiger partial charge in [0.25, 0.3) is 0 Å². The minimum Gasteiger partial charge on any atom is -0.480 e. The highest BCUT2D eigenvalue weighted by molar-refractivity contribution is 9.10. The van der Waals surface area contributed by atoms with Crippen molar-refractivity contribution in [2.45, 2.75) is 25.8 Å². The summed E-state index contributed by atoms with van der Waals surface area (Å²) in [6.45, 7) is 4.00. The third kappa shape index (κ3) is 3.94. The molecule has 1 fully saturated rings. The Hall–Kier alpha value is -1.07. The molecule has 2 N–H and O–H groups in total. The first-order chi connectivity index (χ1) is 9.06. The van der Waals surface area contributed by atoms with Gasteiger partial charge in [0, 0.05) is 29.3 Å². The maximum Gasteiger partial charge on any atom is 0.317 e. The number of rotatable bonds is 4. The first-order valence-corrected chi connectivity index (χ1v) is 7.32. The maximum atomic E-state index is 10.6. The van der Waals surface area contributed by atoms with E-state index in [0.29, 0.717) is 0 Å². The van der Waals surface area contributed by atoms with Crippen LogP contribution in [0.5, 0.6) is 0 Å². The molecule has 1 saturated heterocycles. The average molecular weight is 327 g/mol. The number of hydrogen-bond donors (Lipinski definition) is 2. The van der Waals surface area contributed by atoms with E-state index in [4.69, 9.17) is 5.11 Å². The van der Waals surface area contributed by atoms with Gasteiger partial charge in [-0.15, -0.1) is 0 Å². The number of hydrogen-bond acceptors (Lipinski definition) is 3. The fraction of sp³-hybridized carbons (Fsp3) is 0.500. The van der Waals surface area contributed by atoms with Crippen molar-refractivity contribution in [1.29, 1.82) is 0 Å². The van der Waals surface area contributed by atoms with Crippen LogP contribution in [0.3, 0.4) is 0 Å². The van der Waals surface area contributed by atoms with Crippen molar-refractivity contribution in [2.24, 2.45) is 0 Å². The molecule has 0 bridgehead atoms. The Morgan fingerprint density at radius 3 is 3.05 bits per heavy atom. The molecule has 1 aromatic carbocycles. The highest BCUT2D eigenvalue weighted by atomic mass is 79.9. The minimum atomic E-state index is -0.796. The Bertz CT molecular complexity index is 465. The highest BCUT2D eigenvalue weighted by Crippen LogP contribution is 2.25. The smallest absolute Gasteiger partial charge is 0.317 e. The number of carboxylic acids is 1. The average Bonchev–Trinajstić information content (AvgIpc) is 2.40. The van der Waals surface area contributed by atoms with Crippen molar-refractivity contribution in [2.75, 3.05) is 24.5 Å². The first kappa shape index (κ1) is 14.3. The number of benzene rings is 1. The van der Waals surface area contributed by atoms with Crippen molar-refractivity contribution >= 4 is 27.6 Å². The summed E-state index contributed by atoms with van der Waals surface area (Å²) in [5, 5.41) is 11.8. The Morgan fingerprint density at radius 2 is 2.37 bits per heavy atom. The number of carbonyl (C=O) groups is 1. The van der Waals surface area contributed by atoms with Gasteiger partial charge in [0.05, 0.1) is 6.54 Å². The summed E-state index contributed by atoms with van der Waals surface area (Å²) in [6, 6.07) is 6.62. The molecule has 1 aromatic rings. The topological polar surface area (TPSA) is 52.6 Å². The van der Waals surface area contributed by atoms with Crippen LogP contribution in [0.4, 0.5) is 5.69 Å². The van der Waals surface area contributed by atoms with E-state index in [-0.39, 0.29) is 12.6 Å². The normalized spacial score (nSPS) is 19.5. The molecule has 0 amide bonds. The van der Waals surface area contributed by atoms with Gasteiger partial charge in [-0.3, -0.25) is 4.79 Å². The first-order valence-electron chi connectivity index (χ1n) is 6.52. The lowest BCUT2D eigenvalue weighted by molar-refractivity contribution is -0.136. The van der Waals surface area contributed by atoms with Gasteiger partial charge in [-0.05, 0) is 37.5 Å². The molecule has 2 rings (SSSR count). The van der Waals surface area contributed by atoms with E-state index >= 15 is 0 Å². The van der Waals surface area contributed by atoms with E-state index in [1.807, 2.05) is 0 Å². The van der Waals surface area contributed by atoms with Crippen LogP contribution in [-0.4, -0.2) is 36.8 Å². The van der Waals surface area contributed by atoms with Crippen LogP contribution in [0.1, 0.15) is 18.4 Å². The van der Waals surface area contributed by atoms with Gasteiger partial charge in [0.15, 0.2) is 0 Å². The van der Waals surface area contributed by atoms with Crippen LogP contribution in [-0.2, 0) is 4.79 Å². The number of nitrogens with zero attached hydrogens (tertiary/aromatic N) is 1. The molecule has 19 heavy (non-hydrogen) atoms. The summed E-state index contributed by atoms with van der Waals surface area (Å²) in [4.78, 5) is 12.9. The van der Waals surface area contributed by atoms with Crippen molar-refractivity contribution < 1.29 is 9.90 Å². The molecular weight excluding hydrogens is 308 g/mol. The second-order valence-corrected chi connectivity index (χ2v) is 5.85. The van der Waals surface area contributed by atoms with Gasteiger partial charge >= 0.3 is 5.97 Å². The number of piperidine rings is 1. The number of anilines is 1. The van der Waals surface area contributed by atoms with E-state index in [1.54, 1.807) is 0 Å². The third-order valence-corrected chi connectivity index (χ3v) is 4.34. The minimum absolute atomic E-state index is 0.0378. The van der Waals surface area contributed by atoms with Crippen LogP contribution in [0, 0.1) is 6.92 Å². The largest absolute Gasteiger partial charge is 0.480 e. The molecule has 1 atom stereocenters. The third-order valence-electron chi connectivity index (χ3n) is 3.48. The summed E-state index contributed by atoms with van der Waals surface area (Å²) in [6.07, 6.45) is 2.12. The molecule has 1 heterocycles. The molecule has 0 radical (unpaired) electrons. The van der Waals surface area contributed by atoms with Gasteiger partial charge in [0.2, 0.25) is 0 Å². The molecule has 104 valence electrons. The van der Waals surface area contributed by atoms with E-state index in [0.717, 1.165) is 30.4 Å². The second-order valence-electron chi connectivity index (χ2n) is 4.99. The summed E-state index contributed by atoms with van der Waals surface area (Å²) in [5.74, 6) is -0.796. The van der Waals surface area contributed by atoms with Crippen LogP contribution in [0.25, 0.3) is 0 Å². The summed E-state index contributed by atoms with van der Waals surface area (Å²) in [5.41, 5.74) is 2.42. The summed E-state index contributed by atoms with van der Waals surface area (Å²) >= 11 is 3.56. The molecule has 1 aliphatic rings. The van der Waals surface area contributed by atoms with Crippen molar-refractivity contribution in [3.8, 4) is 0 Å². The molecule has 0 aliphatic carbocycles. The quantitative estimate of drug-likeness (QED) is 0.892. The predicted octanol–water partition coefficient (Wildman–Crippen LogP) is 2.40. The zero-order valence-corrected chi connectivity index (χ0v) is 12.6. The van der Waals surface area contributed by atoms with Gasteiger partial charge < -0.3 is 15.3 Å². The summed E-state index contributed by atoms with van der Waals surface area (Å²) in [7, 11) is 0. The number of aryl methyl sites for hydroxylation is 1. The van der Waals surface area contributed by atoms with Crippen molar-refractivity contribution in [3.63, 3.8) is 0 Å². The highest BCUT2D eigenvalue weighted by Gasteiger charge is 2.20. The fourth-order valence-electron chi connectivity index (χ4n) is 2.39. The molecule has 1 unspecified atom stereocenters. The standard InChI is InChI=1S/C14H19BrN2O2/c1-10-4-5-12(7-13(10)15)17-6-2-3-11(9-17)16-8-14(18)19/h4-5,7,11,16H,2-3,6,8-9H2,1H3,(H,18,19). The maximum absolute atomic E-state index is 10.6. The second kappa shape index (κ2) is 6.39. The Balaban J connectivity index is 2.00. The zero-order chi connectivity index (χ0) is 13.8. The SMILES string of the molecule is Cc1ccc(N2CCCC(NCC(=O)O)C2)cc1Br. The molecule has 4 nitrogen and oxygen atoms in total. The molecule has 1 aliphatic heterocycles. The van der Waals surface area contributed by atoms with E-state index in [9.17, 15) is 4.79 Å². The van der Waals surface area contributed by atoms with Gasteiger partial charge in [0.1, 0.15) is 0 Å². The monoisotopic (exact) mass is 326 g/mol. The van der Waals surface area contributed by atoms with Crippen LogP contribution in [0.2, 0.25) is 0 Å². The molecule has 0 aromatic heterocycles. The Labute approximate surface area is 121 Å². The zero-order valence-electron chi connectivity index (χ0n) is 11.0. The molecule has 0 saturated carbocycles. The van der Waals surface area contributed by atoms with Gasteiger partial charge in [-0.2, -0.15) is 0 Å². The van der Waals surface area contributed by atoms with Crippen LogP contribution < -0.4 is 10.2 Å². The summed E-state index contributed by atoms with van der Waals surface area (Å²) < 4.78 is 1.12. The van der Waals surface area contributed by atoms with E-state index in [1.165, 1.54) is 11.3 Å². The Kier molecular flexibility index (Phi) is 4.82. The lowest BCUT2D eigenvalue weighted by atomic mass is 10.0. The lowest BCUT2D eigenvalue weighted by Gasteiger charge is -2.35. The fourth-order valence-corrected chi connectivity index (χ4v) is 2.76. The van der Waals surface area contributed by atoms with Crippen LogP contribution in [0.15, 0.2) is 22.7 Å². The molecule has 5 heteroatoms. The van der Waals surface area contributed by atoms with Crippen LogP contribution >= 0.6 is 15.9 Å². The van der Waals surface area contributed by atoms with Gasteiger partial charge in [-0.1, -0.05) is 22.0 Å².